The van der Waals surface area contributed by atoms with Crippen LogP contribution >= 0.6 is 0 Å². The van der Waals surface area contributed by atoms with E-state index in [0.717, 1.165) is 18.7 Å². The first-order valence-electron chi connectivity index (χ1n) is 9.50. The first-order valence-corrected chi connectivity index (χ1v) is 9.50. The van der Waals surface area contributed by atoms with Crippen molar-refractivity contribution in [3.63, 3.8) is 0 Å². The Morgan fingerprint density at radius 3 is 2.70 bits per heavy atom. The quantitative estimate of drug-likeness (QED) is 0.611. The normalized spacial score (nSPS) is 17.9. The highest BCUT2D eigenvalue weighted by Gasteiger charge is 2.29. The lowest BCUT2D eigenvalue weighted by Gasteiger charge is -2.42. The Hall–Kier alpha value is -2.12. The van der Waals surface area contributed by atoms with Crippen molar-refractivity contribution in [2.45, 2.75) is 44.7 Å². The predicted octanol–water partition coefficient (Wildman–Crippen LogP) is 1.87. The number of hydrogen-bond acceptors (Lipinski definition) is 4. The number of amides is 2. The average molecular weight is 377 g/mol. The van der Waals surface area contributed by atoms with Crippen LogP contribution in [0.5, 0.6) is 0 Å². The van der Waals surface area contributed by atoms with E-state index in [4.69, 9.17) is 9.84 Å². The van der Waals surface area contributed by atoms with Gasteiger partial charge in [0.15, 0.2) is 0 Å². The summed E-state index contributed by atoms with van der Waals surface area (Å²) in [4.78, 5) is 25.5. The Kier molecular flexibility index (Phi) is 8.06. The summed E-state index contributed by atoms with van der Waals surface area (Å²) >= 11 is 0. The zero-order valence-electron chi connectivity index (χ0n) is 16.2. The van der Waals surface area contributed by atoms with Gasteiger partial charge in [-0.15, -0.1) is 0 Å². The van der Waals surface area contributed by atoms with Crippen LogP contribution < -0.4 is 10.6 Å². The molecule has 150 valence electrons. The first-order chi connectivity index (χ1) is 12.9. The van der Waals surface area contributed by atoms with E-state index in [0.29, 0.717) is 32.6 Å². The number of rotatable bonds is 9. The van der Waals surface area contributed by atoms with Gasteiger partial charge in [-0.3, -0.25) is 9.69 Å². The predicted molar refractivity (Wildman–Crippen MR) is 104 cm³/mol. The van der Waals surface area contributed by atoms with Gasteiger partial charge in [0.2, 0.25) is 0 Å². The number of carboxylic acid groups (broad SMARTS) is 1. The van der Waals surface area contributed by atoms with Crippen molar-refractivity contribution < 1.29 is 19.4 Å². The van der Waals surface area contributed by atoms with Crippen LogP contribution in [0.2, 0.25) is 0 Å². The SMILES string of the molecule is CC1(C)COCCN1CCNC(=O)NC(CCC(=O)O)Cc1ccccc1. The Morgan fingerprint density at radius 1 is 1.30 bits per heavy atom. The Labute approximate surface area is 161 Å². The molecular weight excluding hydrogens is 346 g/mol. The molecule has 1 aromatic carbocycles. The third kappa shape index (κ3) is 7.56. The third-order valence-electron chi connectivity index (χ3n) is 4.85. The number of nitrogens with one attached hydrogen (secondary N) is 2. The smallest absolute Gasteiger partial charge is 0.315 e. The molecular formula is C20H31N3O4. The van der Waals surface area contributed by atoms with Crippen molar-refractivity contribution in [2.24, 2.45) is 0 Å². The number of carbonyl (C=O) groups is 2. The van der Waals surface area contributed by atoms with Crippen LogP contribution in [0.25, 0.3) is 0 Å². The highest BCUT2D eigenvalue weighted by Crippen LogP contribution is 2.17. The van der Waals surface area contributed by atoms with E-state index in [1.165, 1.54) is 0 Å². The average Bonchev–Trinajstić information content (AvgIpc) is 2.62. The second-order valence-electron chi connectivity index (χ2n) is 7.57. The second-order valence-corrected chi connectivity index (χ2v) is 7.57. The number of hydrogen-bond donors (Lipinski definition) is 3. The lowest BCUT2D eigenvalue weighted by atomic mass is 10.0. The molecule has 2 rings (SSSR count). The number of aliphatic carboxylic acids is 1. The molecule has 2 amide bonds. The molecule has 1 atom stereocenters. The number of ether oxygens (including phenoxy) is 1. The van der Waals surface area contributed by atoms with Gasteiger partial charge in [-0.05, 0) is 32.3 Å². The summed E-state index contributed by atoms with van der Waals surface area (Å²) in [5.41, 5.74) is 1.04. The largest absolute Gasteiger partial charge is 0.481 e. The molecule has 0 saturated carbocycles. The molecule has 0 aromatic heterocycles. The summed E-state index contributed by atoms with van der Waals surface area (Å²) in [6.07, 6.45) is 1.03. The standard InChI is InChI=1S/C20H31N3O4/c1-20(2)15-27-13-12-23(20)11-10-21-19(26)22-17(8-9-18(24)25)14-16-6-4-3-5-7-16/h3-7,17H,8-15H2,1-2H3,(H,24,25)(H2,21,22,26). The molecule has 0 aliphatic carbocycles. The lowest BCUT2D eigenvalue weighted by Crippen LogP contribution is -2.55. The minimum Gasteiger partial charge on any atom is -0.481 e. The summed E-state index contributed by atoms with van der Waals surface area (Å²) in [5, 5.41) is 14.8. The monoisotopic (exact) mass is 377 g/mol. The first kappa shape index (κ1) is 21.2. The van der Waals surface area contributed by atoms with Crippen LogP contribution in [0.3, 0.4) is 0 Å². The summed E-state index contributed by atoms with van der Waals surface area (Å²) in [6, 6.07) is 9.29. The fourth-order valence-electron chi connectivity index (χ4n) is 3.27. The lowest BCUT2D eigenvalue weighted by molar-refractivity contribution is -0.137. The van der Waals surface area contributed by atoms with Crippen LogP contribution in [-0.2, 0) is 16.0 Å². The van der Waals surface area contributed by atoms with Crippen LogP contribution in [0.1, 0.15) is 32.3 Å². The van der Waals surface area contributed by atoms with Crippen molar-refractivity contribution in [3.8, 4) is 0 Å². The number of carboxylic acids is 1. The molecule has 7 heteroatoms. The van der Waals surface area contributed by atoms with E-state index >= 15 is 0 Å². The van der Waals surface area contributed by atoms with E-state index in [9.17, 15) is 9.59 Å². The number of nitrogens with zero attached hydrogens (tertiary/aromatic N) is 1. The molecule has 1 aromatic rings. The van der Waals surface area contributed by atoms with Gasteiger partial charge < -0.3 is 20.5 Å². The fourth-order valence-corrected chi connectivity index (χ4v) is 3.27. The van der Waals surface area contributed by atoms with Gasteiger partial charge in [0.1, 0.15) is 0 Å². The molecule has 3 N–H and O–H groups in total. The highest BCUT2D eigenvalue weighted by molar-refractivity contribution is 5.74. The molecule has 1 aliphatic heterocycles. The van der Waals surface area contributed by atoms with Gasteiger partial charge in [-0.2, -0.15) is 0 Å². The molecule has 0 spiro atoms. The van der Waals surface area contributed by atoms with E-state index in [1.807, 2.05) is 30.3 Å². The van der Waals surface area contributed by atoms with Crippen LogP contribution in [0.15, 0.2) is 30.3 Å². The fraction of sp³-hybridized carbons (Fsp3) is 0.600. The minimum atomic E-state index is -0.857. The molecule has 0 radical (unpaired) electrons. The van der Waals surface area contributed by atoms with Crippen molar-refractivity contribution in [3.05, 3.63) is 35.9 Å². The molecule has 1 aliphatic rings. The van der Waals surface area contributed by atoms with Crippen molar-refractivity contribution in [1.82, 2.24) is 15.5 Å². The second kappa shape index (κ2) is 10.3. The molecule has 1 saturated heterocycles. The Morgan fingerprint density at radius 2 is 2.04 bits per heavy atom. The molecule has 0 bridgehead atoms. The van der Waals surface area contributed by atoms with Gasteiger partial charge in [0.25, 0.3) is 0 Å². The number of benzene rings is 1. The summed E-state index contributed by atoms with van der Waals surface area (Å²) in [7, 11) is 0. The van der Waals surface area contributed by atoms with Gasteiger partial charge in [0, 0.05) is 37.6 Å². The molecule has 27 heavy (non-hydrogen) atoms. The Bertz CT molecular complexity index is 607. The van der Waals surface area contributed by atoms with Crippen LogP contribution in [-0.4, -0.2) is 66.4 Å². The maximum atomic E-state index is 12.3. The minimum absolute atomic E-state index is 0.0275. The molecule has 1 fully saturated rings. The summed E-state index contributed by atoms with van der Waals surface area (Å²) in [5.74, 6) is -0.857. The van der Waals surface area contributed by atoms with E-state index in [2.05, 4.69) is 29.4 Å². The maximum absolute atomic E-state index is 12.3. The third-order valence-corrected chi connectivity index (χ3v) is 4.85. The number of carbonyl (C=O) groups excluding carboxylic acids is 1. The van der Waals surface area contributed by atoms with Gasteiger partial charge in [-0.1, -0.05) is 30.3 Å². The molecule has 1 heterocycles. The van der Waals surface area contributed by atoms with Crippen LogP contribution in [0.4, 0.5) is 4.79 Å². The van der Waals surface area contributed by atoms with Crippen molar-refractivity contribution >= 4 is 12.0 Å². The Balaban J connectivity index is 1.80. The maximum Gasteiger partial charge on any atom is 0.315 e. The van der Waals surface area contributed by atoms with E-state index in [-0.39, 0.29) is 24.0 Å². The number of urea groups is 1. The van der Waals surface area contributed by atoms with Crippen molar-refractivity contribution in [2.75, 3.05) is 32.8 Å². The van der Waals surface area contributed by atoms with Crippen LogP contribution in [0, 0.1) is 0 Å². The van der Waals surface area contributed by atoms with E-state index in [1.54, 1.807) is 0 Å². The topological polar surface area (TPSA) is 90.9 Å². The summed E-state index contributed by atoms with van der Waals surface area (Å²) in [6.45, 7) is 7.81. The zero-order chi connectivity index (χ0) is 19.7. The van der Waals surface area contributed by atoms with Crippen molar-refractivity contribution in [1.29, 1.82) is 0 Å². The molecule has 1 unspecified atom stereocenters. The molecule has 7 nitrogen and oxygen atoms in total. The van der Waals surface area contributed by atoms with Gasteiger partial charge in [-0.25, -0.2) is 4.79 Å². The summed E-state index contributed by atoms with van der Waals surface area (Å²) < 4.78 is 5.51. The number of morpholine rings is 1. The van der Waals surface area contributed by atoms with Gasteiger partial charge in [0.05, 0.1) is 13.2 Å². The van der Waals surface area contributed by atoms with E-state index < -0.39 is 5.97 Å². The zero-order valence-corrected chi connectivity index (χ0v) is 16.2. The van der Waals surface area contributed by atoms with Gasteiger partial charge >= 0.3 is 12.0 Å². The highest BCUT2D eigenvalue weighted by atomic mass is 16.5.